The lowest BCUT2D eigenvalue weighted by Crippen LogP contribution is -2.03. The Balaban J connectivity index is 2.13. The average molecular weight is 334 g/mol. The van der Waals surface area contributed by atoms with Crippen molar-refractivity contribution in [1.29, 1.82) is 0 Å². The van der Waals surface area contributed by atoms with Crippen LogP contribution in [0.2, 0.25) is 5.15 Å². The molecule has 0 aliphatic rings. The maximum atomic E-state index is 13.4. The highest BCUT2D eigenvalue weighted by atomic mass is 79.9. The van der Waals surface area contributed by atoms with E-state index in [4.69, 9.17) is 11.6 Å². The van der Waals surface area contributed by atoms with Crippen LogP contribution in [0.5, 0.6) is 0 Å². The van der Waals surface area contributed by atoms with Gasteiger partial charge in [-0.05, 0) is 28.1 Å². The van der Waals surface area contributed by atoms with Crippen molar-refractivity contribution in [2.75, 3.05) is 5.32 Å². The minimum Gasteiger partial charge on any atom is -0.378 e. The monoisotopic (exact) mass is 332 g/mol. The number of nitrogens with one attached hydrogen (secondary N) is 1. The summed E-state index contributed by atoms with van der Waals surface area (Å²) in [6.45, 7) is 0.198. The van der Waals surface area contributed by atoms with Crippen LogP contribution in [-0.4, -0.2) is 4.98 Å². The fraction of sp³-hybridized carbons (Fsp3) is 0.0833. The summed E-state index contributed by atoms with van der Waals surface area (Å²) in [4.78, 5) is 3.93. The van der Waals surface area contributed by atoms with E-state index < -0.39 is 11.6 Å². The summed E-state index contributed by atoms with van der Waals surface area (Å²) in [6, 6.07) is 5.17. The van der Waals surface area contributed by atoms with Crippen molar-refractivity contribution in [2.45, 2.75) is 6.54 Å². The molecule has 0 amide bonds. The van der Waals surface area contributed by atoms with Gasteiger partial charge in [0, 0.05) is 28.8 Å². The van der Waals surface area contributed by atoms with Crippen molar-refractivity contribution in [2.24, 2.45) is 0 Å². The molecule has 0 aliphatic heterocycles. The van der Waals surface area contributed by atoms with E-state index in [9.17, 15) is 8.78 Å². The van der Waals surface area contributed by atoms with E-state index in [-0.39, 0.29) is 6.54 Å². The van der Waals surface area contributed by atoms with Crippen LogP contribution in [0.3, 0.4) is 0 Å². The second kappa shape index (κ2) is 5.63. The quantitative estimate of drug-likeness (QED) is 0.843. The molecule has 1 aromatic carbocycles. The van der Waals surface area contributed by atoms with Gasteiger partial charge in [0.05, 0.1) is 5.69 Å². The lowest BCUT2D eigenvalue weighted by Gasteiger charge is -2.09. The number of halogens is 4. The maximum Gasteiger partial charge on any atom is 0.152 e. The third kappa shape index (κ3) is 3.17. The summed E-state index contributed by atoms with van der Waals surface area (Å²) < 4.78 is 26.9. The van der Waals surface area contributed by atoms with Crippen LogP contribution in [0, 0.1) is 11.6 Å². The molecule has 2 nitrogen and oxygen atoms in total. The summed E-state index contributed by atoms with van der Waals surface area (Å²) in [7, 11) is 0. The lowest BCUT2D eigenvalue weighted by molar-refractivity contribution is 0.574. The largest absolute Gasteiger partial charge is 0.378 e. The molecule has 0 unspecified atom stereocenters. The summed E-state index contributed by atoms with van der Waals surface area (Å²) in [5, 5.41) is 3.24. The van der Waals surface area contributed by atoms with Crippen LogP contribution < -0.4 is 5.32 Å². The van der Waals surface area contributed by atoms with Gasteiger partial charge in [-0.3, -0.25) is 0 Å². The number of benzene rings is 1. The molecule has 1 N–H and O–H groups in total. The summed E-state index contributed by atoms with van der Waals surface area (Å²) in [6.07, 6.45) is 1.56. The first kappa shape index (κ1) is 13.2. The second-order valence-electron chi connectivity index (χ2n) is 3.58. The molecule has 0 aliphatic carbocycles. The Morgan fingerprint density at radius 2 is 2.06 bits per heavy atom. The highest BCUT2D eigenvalue weighted by Gasteiger charge is 2.06. The number of aromatic nitrogens is 1. The van der Waals surface area contributed by atoms with E-state index in [0.717, 1.165) is 10.5 Å². The first-order valence-corrected chi connectivity index (χ1v) is 6.22. The number of hydrogen-bond donors (Lipinski definition) is 1. The molecule has 0 bridgehead atoms. The number of pyridine rings is 1. The Labute approximate surface area is 116 Å². The van der Waals surface area contributed by atoms with Gasteiger partial charge in [0.1, 0.15) is 11.6 Å². The van der Waals surface area contributed by atoms with Gasteiger partial charge < -0.3 is 5.32 Å². The predicted molar refractivity (Wildman–Crippen MR) is 70.6 cm³/mol. The Bertz CT molecular complexity index is 578. The first-order chi connectivity index (χ1) is 8.56. The number of nitrogens with zero attached hydrogens (tertiary/aromatic N) is 1. The third-order valence-corrected chi connectivity index (χ3v) is 3.02. The van der Waals surface area contributed by atoms with Gasteiger partial charge in [-0.25, -0.2) is 13.8 Å². The van der Waals surface area contributed by atoms with Crippen LogP contribution in [0.4, 0.5) is 14.5 Å². The van der Waals surface area contributed by atoms with Gasteiger partial charge in [-0.15, -0.1) is 0 Å². The molecule has 0 saturated heterocycles. The Morgan fingerprint density at radius 1 is 1.28 bits per heavy atom. The SMILES string of the molecule is Fc1ccc(CNc2cc(Br)cnc2Cl)c(F)c1. The van der Waals surface area contributed by atoms with E-state index in [0.29, 0.717) is 16.4 Å². The van der Waals surface area contributed by atoms with Crippen molar-refractivity contribution in [1.82, 2.24) is 4.98 Å². The molecule has 1 heterocycles. The van der Waals surface area contributed by atoms with E-state index in [1.54, 1.807) is 12.3 Å². The molecule has 0 radical (unpaired) electrons. The van der Waals surface area contributed by atoms with Gasteiger partial charge in [-0.1, -0.05) is 17.7 Å². The minimum atomic E-state index is -0.599. The standard InChI is InChI=1S/C12H8BrClF2N2/c13-8-3-11(12(14)18-6-8)17-5-7-1-2-9(15)4-10(7)16/h1-4,6,17H,5H2. The fourth-order valence-corrected chi connectivity index (χ4v) is 1.90. The normalized spacial score (nSPS) is 10.4. The molecule has 18 heavy (non-hydrogen) atoms. The van der Waals surface area contributed by atoms with E-state index >= 15 is 0 Å². The highest BCUT2D eigenvalue weighted by Crippen LogP contribution is 2.23. The zero-order chi connectivity index (χ0) is 13.1. The molecule has 0 fully saturated rings. The zero-order valence-electron chi connectivity index (χ0n) is 9.05. The van der Waals surface area contributed by atoms with Crippen molar-refractivity contribution >= 4 is 33.2 Å². The molecular formula is C12H8BrClF2N2. The average Bonchev–Trinajstić information content (AvgIpc) is 2.32. The summed E-state index contributed by atoms with van der Waals surface area (Å²) in [5.74, 6) is -1.19. The Morgan fingerprint density at radius 3 is 2.78 bits per heavy atom. The molecule has 1 aromatic heterocycles. The van der Waals surface area contributed by atoms with Crippen molar-refractivity contribution in [3.63, 3.8) is 0 Å². The smallest absolute Gasteiger partial charge is 0.152 e. The first-order valence-electron chi connectivity index (χ1n) is 5.05. The number of hydrogen-bond acceptors (Lipinski definition) is 2. The molecule has 0 atom stereocenters. The summed E-state index contributed by atoms with van der Waals surface area (Å²) in [5.41, 5.74) is 0.933. The zero-order valence-corrected chi connectivity index (χ0v) is 11.4. The second-order valence-corrected chi connectivity index (χ2v) is 4.85. The van der Waals surface area contributed by atoms with Crippen LogP contribution in [0.1, 0.15) is 5.56 Å². The fourth-order valence-electron chi connectivity index (χ4n) is 1.40. The van der Waals surface area contributed by atoms with Crippen LogP contribution in [0.25, 0.3) is 0 Å². The van der Waals surface area contributed by atoms with Gasteiger partial charge >= 0.3 is 0 Å². The van der Waals surface area contributed by atoms with Gasteiger partial charge in [0.15, 0.2) is 5.15 Å². The van der Waals surface area contributed by atoms with Crippen LogP contribution in [-0.2, 0) is 6.54 Å². The highest BCUT2D eigenvalue weighted by molar-refractivity contribution is 9.10. The third-order valence-electron chi connectivity index (χ3n) is 2.29. The van der Waals surface area contributed by atoms with Crippen molar-refractivity contribution in [3.05, 3.63) is 57.3 Å². The van der Waals surface area contributed by atoms with E-state index in [2.05, 4.69) is 26.2 Å². The minimum absolute atomic E-state index is 0.198. The predicted octanol–water partition coefficient (Wildman–Crippen LogP) is 4.39. The summed E-state index contributed by atoms with van der Waals surface area (Å²) >= 11 is 9.14. The molecule has 0 saturated carbocycles. The number of anilines is 1. The number of rotatable bonds is 3. The topological polar surface area (TPSA) is 24.9 Å². The van der Waals surface area contributed by atoms with Gasteiger partial charge in [-0.2, -0.15) is 0 Å². The van der Waals surface area contributed by atoms with Crippen molar-refractivity contribution in [3.8, 4) is 0 Å². The molecule has 2 aromatic rings. The van der Waals surface area contributed by atoms with Crippen LogP contribution in [0.15, 0.2) is 34.9 Å². The maximum absolute atomic E-state index is 13.4. The molecular weight excluding hydrogens is 325 g/mol. The van der Waals surface area contributed by atoms with Gasteiger partial charge in [0.25, 0.3) is 0 Å². The van der Waals surface area contributed by atoms with Crippen LogP contribution >= 0.6 is 27.5 Å². The molecule has 2 rings (SSSR count). The lowest BCUT2D eigenvalue weighted by atomic mass is 10.2. The Kier molecular flexibility index (Phi) is 4.14. The molecule has 94 valence electrons. The van der Waals surface area contributed by atoms with Gasteiger partial charge in [0.2, 0.25) is 0 Å². The van der Waals surface area contributed by atoms with E-state index in [1.807, 2.05) is 0 Å². The molecule has 0 spiro atoms. The molecule has 6 heteroatoms. The van der Waals surface area contributed by atoms with Crippen molar-refractivity contribution < 1.29 is 8.78 Å². The van der Waals surface area contributed by atoms with E-state index in [1.165, 1.54) is 12.1 Å². The Hall–Kier alpha value is -1.20.